The largest absolute Gasteiger partial charge is 0.376 e. The summed E-state index contributed by atoms with van der Waals surface area (Å²) in [7, 11) is 8.24. The van der Waals surface area contributed by atoms with E-state index < -0.39 is 5.60 Å². The summed E-state index contributed by atoms with van der Waals surface area (Å²) in [5.41, 5.74) is 3.89. The normalized spacial score (nSPS) is 12.0. The summed E-state index contributed by atoms with van der Waals surface area (Å²) in [6, 6.07) is 26.5. The lowest BCUT2D eigenvalue weighted by molar-refractivity contribution is 0.125. The number of hydrogen-bond acceptors (Lipinski definition) is 3. The van der Waals surface area contributed by atoms with Gasteiger partial charge in [-0.1, -0.05) is 78.9 Å². The third kappa shape index (κ3) is 4.50. The third-order valence-electron chi connectivity index (χ3n) is 4.93. The molecule has 0 aliphatic heterocycles. The Bertz CT molecular complexity index is 815. The Balaban J connectivity index is 2.04. The molecule has 0 radical (unpaired) electrons. The maximum absolute atomic E-state index is 12.0. The van der Waals surface area contributed by atoms with E-state index >= 15 is 0 Å². The summed E-state index contributed by atoms with van der Waals surface area (Å²) >= 11 is 0. The van der Waals surface area contributed by atoms with Crippen molar-refractivity contribution in [1.29, 1.82) is 0 Å². The summed E-state index contributed by atoms with van der Waals surface area (Å²) in [5, 5.41) is 12.0. The molecule has 0 unspecified atom stereocenters. The third-order valence-corrected chi connectivity index (χ3v) is 4.93. The molecule has 3 nitrogen and oxygen atoms in total. The molecule has 1 N–H and O–H groups in total. The van der Waals surface area contributed by atoms with Gasteiger partial charge in [-0.3, -0.25) is 0 Å². The summed E-state index contributed by atoms with van der Waals surface area (Å²) in [6.45, 7) is 1.76. The smallest absolute Gasteiger partial charge is 0.140 e. The first kappa shape index (κ1) is 20.3. The summed E-state index contributed by atoms with van der Waals surface area (Å²) in [6.07, 6.45) is 0. The quantitative estimate of drug-likeness (QED) is 0.631. The second-order valence-corrected chi connectivity index (χ2v) is 7.95. The number of aliphatic hydroxyl groups is 1. The van der Waals surface area contributed by atoms with Gasteiger partial charge in [0.05, 0.1) is 0 Å². The lowest BCUT2D eigenvalue weighted by atomic mass is 9.80. The molecular formula is C25H30N2O. The molecule has 0 aliphatic carbocycles. The van der Waals surface area contributed by atoms with Crippen LogP contribution < -0.4 is 0 Å². The van der Waals surface area contributed by atoms with Crippen LogP contribution in [-0.4, -0.2) is 43.1 Å². The van der Waals surface area contributed by atoms with Gasteiger partial charge in [0.1, 0.15) is 5.60 Å². The van der Waals surface area contributed by atoms with E-state index in [1.807, 2.05) is 54.6 Å². The van der Waals surface area contributed by atoms with Crippen LogP contribution in [0.25, 0.3) is 0 Å². The maximum atomic E-state index is 12.0. The van der Waals surface area contributed by atoms with E-state index in [1.165, 1.54) is 11.1 Å². The van der Waals surface area contributed by atoms with Crippen molar-refractivity contribution in [2.75, 3.05) is 28.2 Å². The van der Waals surface area contributed by atoms with Crippen LogP contribution in [0.4, 0.5) is 0 Å². The molecule has 28 heavy (non-hydrogen) atoms. The summed E-state index contributed by atoms with van der Waals surface area (Å²) in [4.78, 5) is 4.28. The van der Waals surface area contributed by atoms with Crippen LogP contribution in [0.5, 0.6) is 0 Å². The number of hydrogen-bond donors (Lipinski definition) is 1. The van der Waals surface area contributed by atoms with Crippen LogP contribution in [0.2, 0.25) is 0 Å². The molecule has 0 fully saturated rings. The fourth-order valence-electron chi connectivity index (χ4n) is 3.61. The molecule has 0 aliphatic rings. The highest BCUT2D eigenvalue weighted by Crippen LogP contribution is 2.36. The molecule has 3 aromatic rings. The van der Waals surface area contributed by atoms with Crippen LogP contribution in [0.1, 0.15) is 27.8 Å². The zero-order valence-corrected chi connectivity index (χ0v) is 17.3. The van der Waals surface area contributed by atoms with Gasteiger partial charge in [0.2, 0.25) is 0 Å². The monoisotopic (exact) mass is 374 g/mol. The van der Waals surface area contributed by atoms with Gasteiger partial charge < -0.3 is 14.9 Å². The van der Waals surface area contributed by atoms with Gasteiger partial charge in [0.25, 0.3) is 0 Å². The minimum Gasteiger partial charge on any atom is -0.376 e. The molecule has 3 rings (SSSR count). The Hall–Kier alpha value is -2.46. The van der Waals surface area contributed by atoms with Crippen molar-refractivity contribution < 1.29 is 5.11 Å². The van der Waals surface area contributed by atoms with Gasteiger partial charge in [0, 0.05) is 13.1 Å². The van der Waals surface area contributed by atoms with Crippen molar-refractivity contribution in [2.24, 2.45) is 0 Å². The number of rotatable bonds is 7. The van der Waals surface area contributed by atoms with Crippen LogP contribution in [0, 0.1) is 0 Å². The van der Waals surface area contributed by atoms with Crippen molar-refractivity contribution in [1.82, 2.24) is 9.80 Å². The minimum atomic E-state index is -1.19. The Morgan fingerprint density at radius 2 is 0.929 bits per heavy atom. The van der Waals surface area contributed by atoms with Gasteiger partial charge in [0.15, 0.2) is 0 Å². The lowest BCUT2D eigenvalue weighted by Gasteiger charge is -2.30. The highest BCUT2D eigenvalue weighted by Gasteiger charge is 2.33. The molecule has 0 amide bonds. The molecule has 146 valence electrons. The highest BCUT2D eigenvalue weighted by atomic mass is 16.3. The van der Waals surface area contributed by atoms with Crippen molar-refractivity contribution in [3.8, 4) is 0 Å². The predicted molar refractivity (Wildman–Crippen MR) is 116 cm³/mol. The Morgan fingerprint density at radius 3 is 1.29 bits per heavy atom. The molecule has 0 bridgehead atoms. The zero-order chi connectivity index (χ0) is 20.1. The van der Waals surface area contributed by atoms with E-state index in [9.17, 15) is 5.11 Å². The predicted octanol–water partition coefficient (Wildman–Crippen LogP) is 4.09. The summed E-state index contributed by atoms with van der Waals surface area (Å²) in [5.74, 6) is 0. The van der Waals surface area contributed by atoms with E-state index in [1.54, 1.807) is 0 Å². The minimum absolute atomic E-state index is 0.871. The van der Waals surface area contributed by atoms with Crippen LogP contribution in [-0.2, 0) is 18.7 Å². The Morgan fingerprint density at radius 1 is 0.571 bits per heavy atom. The number of benzene rings is 3. The molecular weight excluding hydrogens is 344 g/mol. The van der Waals surface area contributed by atoms with Crippen molar-refractivity contribution >= 4 is 0 Å². The van der Waals surface area contributed by atoms with Crippen LogP contribution in [0.3, 0.4) is 0 Å². The van der Waals surface area contributed by atoms with Crippen molar-refractivity contribution in [3.63, 3.8) is 0 Å². The SMILES string of the molecule is CN(C)Cc1ccc(C(O)(c2ccccc2)c2ccc(CN(C)C)cc2)cc1. The maximum Gasteiger partial charge on any atom is 0.140 e. The van der Waals surface area contributed by atoms with Crippen LogP contribution in [0.15, 0.2) is 78.9 Å². The summed E-state index contributed by atoms with van der Waals surface area (Å²) < 4.78 is 0. The van der Waals surface area contributed by atoms with Crippen molar-refractivity contribution in [3.05, 3.63) is 107 Å². The van der Waals surface area contributed by atoms with Gasteiger partial charge in [-0.2, -0.15) is 0 Å². The Kier molecular flexibility index (Phi) is 6.30. The second-order valence-electron chi connectivity index (χ2n) is 7.95. The molecule has 0 aromatic heterocycles. The lowest BCUT2D eigenvalue weighted by Crippen LogP contribution is -2.29. The molecule has 3 heteroatoms. The zero-order valence-electron chi connectivity index (χ0n) is 17.3. The van der Waals surface area contributed by atoms with E-state index in [2.05, 4.69) is 62.3 Å². The van der Waals surface area contributed by atoms with Gasteiger partial charge in [-0.15, -0.1) is 0 Å². The van der Waals surface area contributed by atoms with E-state index in [-0.39, 0.29) is 0 Å². The van der Waals surface area contributed by atoms with E-state index in [4.69, 9.17) is 0 Å². The first-order valence-corrected chi connectivity index (χ1v) is 9.66. The van der Waals surface area contributed by atoms with E-state index in [0.717, 1.165) is 29.8 Å². The fraction of sp³-hybridized carbons (Fsp3) is 0.280. The molecule has 0 atom stereocenters. The average molecular weight is 375 g/mol. The van der Waals surface area contributed by atoms with Crippen LogP contribution >= 0.6 is 0 Å². The average Bonchev–Trinajstić information content (AvgIpc) is 2.68. The fourth-order valence-corrected chi connectivity index (χ4v) is 3.61. The van der Waals surface area contributed by atoms with Crippen molar-refractivity contribution in [2.45, 2.75) is 18.7 Å². The van der Waals surface area contributed by atoms with Gasteiger partial charge in [-0.25, -0.2) is 0 Å². The molecule has 0 spiro atoms. The first-order valence-electron chi connectivity index (χ1n) is 9.66. The number of nitrogens with zero attached hydrogens (tertiary/aromatic N) is 2. The molecule has 0 saturated carbocycles. The first-order chi connectivity index (χ1) is 13.4. The molecule has 3 aromatic carbocycles. The second kappa shape index (κ2) is 8.70. The van der Waals surface area contributed by atoms with Gasteiger partial charge >= 0.3 is 0 Å². The topological polar surface area (TPSA) is 26.7 Å². The van der Waals surface area contributed by atoms with E-state index in [0.29, 0.717) is 0 Å². The van der Waals surface area contributed by atoms with Gasteiger partial charge in [-0.05, 0) is 56.0 Å². The highest BCUT2D eigenvalue weighted by molar-refractivity contribution is 5.47. The standard InChI is InChI=1S/C25H30N2O/c1-26(2)18-20-10-14-23(15-11-20)25(28,22-8-6-5-7-9-22)24-16-12-21(13-17-24)19-27(3)4/h5-17,28H,18-19H2,1-4H3. The molecule has 0 saturated heterocycles. The Labute approximate surface area is 168 Å². The molecule has 0 heterocycles.